The number of ether oxygens (including phenoxy) is 3. The number of halogens is 3. The van der Waals surface area contributed by atoms with Crippen LogP contribution >= 0.6 is 0 Å². The molecule has 35 heavy (non-hydrogen) atoms. The number of hydrogen-bond donors (Lipinski definition) is 0. The SMILES string of the molecule is CCc1nc2c(F)ccc(OCC(=O)OC)c2c(OC(F)F)c1Cc1ccc(-n2cccn2)cc1. The van der Waals surface area contributed by atoms with E-state index >= 15 is 0 Å². The molecular weight excluding hydrogens is 463 g/mol. The molecule has 0 saturated heterocycles. The molecule has 0 unspecified atom stereocenters. The van der Waals surface area contributed by atoms with Gasteiger partial charge < -0.3 is 14.2 Å². The van der Waals surface area contributed by atoms with E-state index < -0.39 is 25.0 Å². The zero-order chi connectivity index (χ0) is 24.9. The number of benzene rings is 2. The molecule has 7 nitrogen and oxygen atoms in total. The summed E-state index contributed by atoms with van der Waals surface area (Å²) in [5, 5.41) is 4.11. The van der Waals surface area contributed by atoms with Gasteiger partial charge in [-0.1, -0.05) is 19.1 Å². The Bertz CT molecular complexity index is 1330. The van der Waals surface area contributed by atoms with Crippen LogP contribution in [0, 0.1) is 5.82 Å². The Balaban J connectivity index is 1.83. The fourth-order valence-electron chi connectivity index (χ4n) is 3.76. The van der Waals surface area contributed by atoms with Gasteiger partial charge in [-0.05, 0) is 42.3 Å². The molecule has 2 aromatic carbocycles. The highest BCUT2D eigenvalue weighted by molar-refractivity contribution is 5.93. The van der Waals surface area contributed by atoms with E-state index in [0.717, 1.165) is 17.3 Å². The highest BCUT2D eigenvalue weighted by Gasteiger charge is 2.24. The van der Waals surface area contributed by atoms with E-state index in [1.807, 2.05) is 24.3 Å². The lowest BCUT2D eigenvalue weighted by molar-refractivity contribution is -0.142. The zero-order valence-corrected chi connectivity index (χ0v) is 19.0. The maximum Gasteiger partial charge on any atom is 0.387 e. The average molecular weight is 485 g/mol. The molecule has 2 heterocycles. The van der Waals surface area contributed by atoms with Crippen molar-refractivity contribution in [3.8, 4) is 17.2 Å². The summed E-state index contributed by atoms with van der Waals surface area (Å²) >= 11 is 0. The van der Waals surface area contributed by atoms with Crippen molar-refractivity contribution in [1.29, 1.82) is 0 Å². The molecule has 4 rings (SSSR count). The zero-order valence-electron chi connectivity index (χ0n) is 19.0. The molecule has 10 heteroatoms. The van der Waals surface area contributed by atoms with Crippen LogP contribution in [0.5, 0.6) is 11.5 Å². The number of fused-ring (bicyclic) bond motifs is 1. The summed E-state index contributed by atoms with van der Waals surface area (Å²) in [6.45, 7) is -1.88. The average Bonchev–Trinajstić information content (AvgIpc) is 3.40. The molecule has 0 bridgehead atoms. The monoisotopic (exact) mass is 485 g/mol. The molecule has 0 saturated carbocycles. The van der Waals surface area contributed by atoms with Crippen molar-refractivity contribution in [3.05, 3.63) is 77.5 Å². The van der Waals surface area contributed by atoms with Crippen molar-refractivity contribution in [1.82, 2.24) is 14.8 Å². The number of carbonyl (C=O) groups is 1. The largest absolute Gasteiger partial charge is 0.481 e. The Hall–Kier alpha value is -4.08. The minimum absolute atomic E-state index is 0.0205. The fourth-order valence-corrected chi connectivity index (χ4v) is 3.76. The third-order valence-electron chi connectivity index (χ3n) is 5.39. The molecule has 0 aliphatic carbocycles. The van der Waals surface area contributed by atoms with Crippen LogP contribution < -0.4 is 9.47 Å². The maximum atomic E-state index is 14.7. The summed E-state index contributed by atoms with van der Waals surface area (Å²) in [7, 11) is 1.19. The Labute approximate surface area is 199 Å². The number of alkyl halides is 2. The second-order valence-electron chi connectivity index (χ2n) is 7.53. The Morgan fingerprint density at radius 1 is 1.14 bits per heavy atom. The third kappa shape index (κ3) is 5.21. The van der Waals surface area contributed by atoms with Gasteiger partial charge in [-0.3, -0.25) is 0 Å². The first-order chi connectivity index (χ1) is 16.9. The summed E-state index contributed by atoms with van der Waals surface area (Å²) in [5.41, 5.74) is 2.23. The number of hydrogen-bond acceptors (Lipinski definition) is 6. The lowest BCUT2D eigenvalue weighted by Crippen LogP contribution is -2.14. The first-order valence-corrected chi connectivity index (χ1v) is 10.8. The Kier molecular flexibility index (Phi) is 7.19. The topological polar surface area (TPSA) is 75.5 Å². The molecule has 182 valence electrons. The van der Waals surface area contributed by atoms with Crippen LogP contribution in [0.3, 0.4) is 0 Å². The summed E-state index contributed by atoms with van der Waals surface area (Å²) in [6.07, 6.45) is 4.01. The number of rotatable bonds is 9. The Morgan fingerprint density at radius 2 is 1.91 bits per heavy atom. The van der Waals surface area contributed by atoms with E-state index in [2.05, 4.69) is 14.8 Å². The van der Waals surface area contributed by atoms with Gasteiger partial charge >= 0.3 is 12.6 Å². The van der Waals surface area contributed by atoms with Crippen LogP contribution in [0.2, 0.25) is 0 Å². The highest BCUT2D eigenvalue weighted by atomic mass is 19.3. The van der Waals surface area contributed by atoms with E-state index in [-0.39, 0.29) is 28.8 Å². The Morgan fingerprint density at radius 3 is 2.54 bits per heavy atom. The molecule has 0 N–H and O–H groups in total. The first-order valence-electron chi connectivity index (χ1n) is 10.8. The van der Waals surface area contributed by atoms with Gasteiger partial charge in [0.2, 0.25) is 0 Å². The summed E-state index contributed by atoms with van der Waals surface area (Å²) < 4.78 is 58.5. The normalized spacial score (nSPS) is 11.1. The molecule has 0 atom stereocenters. The van der Waals surface area contributed by atoms with Crippen LogP contribution in [0.1, 0.15) is 23.7 Å². The lowest BCUT2D eigenvalue weighted by Gasteiger charge is -2.19. The maximum absolute atomic E-state index is 14.7. The van der Waals surface area contributed by atoms with E-state index in [4.69, 9.17) is 9.47 Å². The number of carbonyl (C=O) groups excluding carboxylic acids is 1. The van der Waals surface area contributed by atoms with E-state index in [9.17, 15) is 18.0 Å². The minimum atomic E-state index is -3.18. The fraction of sp³-hybridized carbons (Fsp3) is 0.240. The van der Waals surface area contributed by atoms with Gasteiger partial charge in [0, 0.05) is 30.1 Å². The van der Waals surface area contributed by atoms with Crippen molar-refractivity contribution in [2.45, 2.75) is 26.4 Å². The predicted octanol–water partition coefficient (Wildman–Crippen LogP) is 4.87. The molecule has 4 aromatic rings. The quantitative estimate of drug-likeness (QED) is 0.315. The predicted molar refractivity (Wildman–Crippen MR) is 122 cm³/mol. The number of nitrogens with zero attached hydrogens (tertiary/aromatic N) is 3. The molecule has 0 spiro atoms. The minimum Gasteiger partial charge on any atom is -0.481 e. The number of methoxy groups -OCH3 is 1. The molecule has 2 aromatic heterocycles. The van der Waals surface area contributed by atoms with Gasteiger partial charge in [-0.25, -0.2) is 18.9 Å². The summed E-state index contributed by atoms with van der Waals surface area (Å²) in [6, 6.07) is 11.5. The number of aromatic nitrogens is 3. The van der Waals surface area contributed by atoms with Crippen molar-refractivity contribution < 1.29 is 32.2 Å². The van der Waals surface area contributed by atoms with E-state index in [1.165, 1.54) is 13.2 Å². The van der Waals surface area contributed by atoms with Gasteiger partial charge in [0.1, 0.15) is 22.8 Å². The van der Waals surface area contributed by atoms with Gasteiger partial charge in [0.15, 0.2) is 6.61 Å². The highest BCUT2D eigenvalue weighted by Crippen LogP contribution is 2.40. The number of pyridine rings is 1. The molecule has 0 aliphatic heterocycles. The van der Waals surface area contributed by atoms with Gasteiger partial charge in [-0.2, -0.15) is 13.9 Å². The van der Waals surface area contributed by atoms with E-state index in [0.29, 0.717) is 17.7 Å². The second kappa shape index (κ2) is 10.5. The molecule has 0 amide bonds. The van der Waals surface area contributed by atoms with Crippen LogP contribution in [-0.4, -0.2) is 41.1 Å². The first kappa shape index (κ1) is 24.1. The second-order valence-corrected chi connectivity index (χ2v) is 7.53. The summed E-state index contributed by atoms with van der Waals surface area (Å²) in [5.74, 6) is -1.67. The van der Waals surface area contributed by atoms with Crippen molar-refractivity contribution in [2.75, 3.05) is 13.7 Å². The van der Waals surface area contributed by atoms with Crippen molar-refractivity contribution >= 4 is 16.9 Å². The molecule has 0 aliphatic rings. The van der Waals surface area contributed by atoms with Crippen LogP contribution in [0.15, 0.2) is 54.9 Å². The van der Waals surface area contributed by atoms with Gasteiger partial charge in [0.25, 0.3) is 0 Å². The van der Waals surface area contributed by atoms with Crippen molar-refractivity contribution in [3.63, 3.8) is 0 Å². The van der Waals surface area contributed by atoms with Crippen LogP contribution in [0.4, 0.5) is 13.2 Å². The number of aryl methyl sites for hydroxylation is 1. The standard InChI is InChI=1S/C25H22F3N3O4/c1-3-19-17(13-15-5-7-16(8-6-15)31-12-4-11-29-31)24(35-25(27)28)22-20(34-14-21(32)33-2)10-9-18(26)23(22)30-19/h4-12,25H,3,13-14H2,1-2H3. The van der Waals surface area contributed by atoms with Crippen LogP contribution in [0.25, 0.3) is 16.6 Å². The van der Waals surface area contributed by atoms with Gasteiger partial charge in [0.05, 0.1) is 18.2 Å². The molecule has 0 fully saturated rings. The van der Waals surface area contributed by atoms with Crippen LogP contribution in [-0.2, 0) is 22.4 Å². The summed E-state index contributed by atoms with van der Waals surface area (Å²) in [4.78, 5) is 16.0. The van der Waals surface area contributed by atoms with Crippen molar-refractivity contribution in [2.24, 2.45) is 0 Å². The smallest absolute Gasteiger partial charge is 0.387 e. The van der Waals surface area contributed by atoms with E-state index in [1.54, 1.807) is 30.1 Å². The number of esters is 1. The molecular formula is C25H22F3N3O4. The third-order valence-corrected chi connectivity index (χ3v) is 5.39. The lowest BCUT2D eigenvalue weighted by atomic mass is 9.98. The molecule has 0 radical (unpaired) electrons. The van der Waals surface area contributed by atoms with Gasteiger partial charge in [-0.15, -0.1) is 0 Å².